The van der Waals surface area contributed by atoms with E-state index in [1.807, 2.05) is 12.1 Å². The number of carbonyl (C=O) groups excluding carboxylic acids is 1. The fraction of sp³-hybridized carbons (Fsp3) is 0.211. The Morgan fingerprint density at radius 1 is 1.24 bits per heavy atom. The van der Waals surface area contributed by atoms with E-state index in [2.05, 4.69) is 15.2 Å². The predicted molar refractivity (Wildman–Crippen MR) is 91.2 cm³/mol. The number of benzene rings is 1. The maximum atomic E-state index is 13.5. The molecule has 1 amide bonds. The van der Waals surface area contributed by atoms with Crippen LogP contribution in [0.25, 0.3) is 11.1 Å². The molecule has 1 aliphatic heterocycles. The van der Waals surface area contributed by atoms with Gasteiger partial charge in [0.1, 0.15) is 5.82 Å². The maximum absolute atomic E-state index is 13.5. The summed E-state index contributed by atoms with van der Waals surface area (Å²) in [6, 6.07) is 9.58. The molecule has 1 aromatic carbocycles. The summed E-state index contributed by atoms with van der Waals surface area (Å²) in [5, 5.41) is 7.24. The van der Waals surface area contributed by atoms with Crippen molar-refractivity contribution in [3.8, 4) is 11.1 Å². The van der Waals surface area contributed by atoms with Gasteiger partial charge in [-0.05, 0) is 48.7 Å². The number of pyridine rings is 1. The number of halogens is 1. The van der Waals surface area contributed by atoms with Crippen LogP contribution in [0, 0.1) is 5.82 Å². The van der Waals surface area contributed by atoms with Gasteiger partial charge in [-0.15, -0.1) is 0 Å². The van der Waals surface area contributed by atoms with Crippen molar-refractivity contribution in [1.82, 2.24) is 20.1 Å². The Kier molecular flexibility index (Phi) is 4.01. The van der Waals surface area contributed by atoms with E-state index in [1.54, 1.807) is 35.6 Å². The first-order valence-electron chi connectivity index (χ1n) is 8.24. The van der Waals surface area contributed by atoms with Crippen molar-refractivity contribution in [2.45, 2.75) is 18.9 Å². The number of aromatic nitrogens is 3. The number of hydrogen-bond acceptors (Lipinski definition) is 3. The van der Waals surface area contributed by atoms with E-state index in [9.17, 15) is 9.18 Å². The minimum absolute atomic E-state index is 0.0959. The fourth-order valence-corrected chi connectivity index (χ4v) is 3.41. The Balaban J connectivity index is 1.67. The van der Waals surface area contributed by atoms with Crippen LogP contribution >= 0.6 is 0 Å². The van der Waals surface area contributed by atoms with E-state index in [1.165, 1.54) is 12.1 Å². The van der Waals surface area contributed by atoms with Crippen molar-refractivity contribution in [3.63, 3.8) is 0 Å². The van der Waals surface area contributed by atoms with Crippen molar-refractivity contribution in [3.05, 3.63) is 72.1 Å². The standard InChI is InChI=1S/C19H17FN4O/c20-15-4-1-3-14(11-15)19(25)24-10-2-5-17(24)18-16(12-22-23-18)13-6-8-21-9-7-13/h1,3-4,6-9,11-12,17H,2,5,10H2,(H,22,23). The number of likely N-dealkylation sites (tertiary alicyclic amines) is 1. The molecule has 126 valence electrons. The van der Waals surface area contributed by atoms with Gasteiger partial charge in [-0.1, -0.05) is 6.07 Å². The van der Waals surface area contributed by atoms with Gasteiger partial charge in [0.2, 0.25) is 0 Å². The van der Waals surface area contributed by atoms with Gasteiger partial charge in [-0.3, -0.25) is 14.9 Å². The first kappa shape index (κ1) is 15.5. The lowest BCUT2D eigenvalue weighted by Gasteiger charge is -2.25. The molecule has 0 saturated carbocycles. The molecule has 1 N–H and O–H groups in total. The number of nitrogens with zero attached hydrogens (tertiary/aromatic N) is 3. The van der Waals surface area contributed by atoms with Crippen molar-refractivity contribution in [2.24, 2.45) is 0 Å². The van der Waals surface area contributed by atoms with Crippen LogP contribution in [0.5, 0.6) is 0 Å². The molecule has 0 radical (unpaired) electrons. The van der Waals surface area contributed by atoms with Crippen LogP contribution in [0.1, 0.15) is 34.9 Å². The molecule has 1 saturated heterocycles. The quantitative estimate of drug-likeness (QED) is 0.795. The number of hydrogen-bond donors (Lipinski definition) is 1. The van der Waals surface area contributed by atoms with Gasteiger partial charge in [0.05, 0.1) is 17.9 Å². The van der Waals surface area contributed by atoms with E-state index in [4.69, 9.17) is 0 Å². The molecular formula is C19H17FN4O. The molecule has 25 heavy (non-hydrogen) atoms. The second-order valence-electron chi connectivity index (χ2n) is 6.10. The summed E-state index contributed by atoms with van der Waals surface area (Å²) < 4.78 is 13.5. The van der Waals surface area contributed by atoms with Crippen molar-refractivity contribution < 1.29 is 9.18 Å². The molecule has 1 aliphatic rings. The summed E-state index contributed by atoms with van der Waals surface area (Å²) in [4.78, 5) is 18.7. The molecule has 6 heteroatoms. The Morgan fingerprint density at radius 2 is 2.08 bits per heavy atom. The number of amides is 1. The van der Waals surface area contributed by atoms with Crippen molar-refractivity contribution in [2.75, 3.05) is 6.54 Å². The third-order valence-electron chi connectivity index (χ3n) is 4.58. The molecule has 1 atom stereocenters. The fourth-order valence-electron chi connectivity index (χ4n) is 3.41. The van der Waals surface area contributed by atoms with E-state index >= 15 is 0 Å². The molecule has 2 aromatic heterocycles. The number of carbonyl (C=O) groups is 1. The lowest BCUT2D eigenvalue weighted by atomic mass is 10.0. The molecule has 0 bridgehead atoms. The van der Waals surface area contributed by atoms with E-state index in [0.29, 0.717) is 12.1 Å². The molecular weight excluding hydrogens is 319 g/mol. The van der Waals surface area contributed by atoms with Crippen LogP contribution in [0.15, 0.2) is 55.0 Å². The van der Waals surface area contributed by atoms with Crippen LogP contribution in [-0.2, 0) is 0 Å². The minimum Gasteiger partial charge on any atom is -0.330 e. The highest BCUT2D eigenvalue weighted by atomic mass is 19.1. The lowest BCUT2D eigenvalue weighted by molar-refractivity contribution is 0.0733. The summed E-state index contributed by atoms with van der Waals surface area (Å²) in [5.74, 6) is -0.558. The molecule has 4 rings (SSSR count). The first-order chi connectivity index (χ1) is 12.2. The molecule has 3 aromatic rings. The van der Waals surface area contributed by atoms with Gasteiger partial charge < -0.3 is 4.90 Å². The van der Waals surface area contributed by atoms with Gasteiger partial charge in [-0.25, -0.2) is 4.39 Å². The average molecular weight is 336 g/mol. The van der Waals surface area contributed by atoms with Crippen LogP contribution in [0.2, 0.25) is 0 Å². The molecule has 5 nitrogen and oxygen atoms in total. The van der Waals surface area contributed by atoms with E-state index < -0.39 is 5.82 Å². The van der Waals surface area contributed by atoms with Gasteiger partial charge in [0, 0.05) is 30.1 Å². The summed E-state index contributed by atoms with van der Waals surface area (Å²) in [7, 11) is 0. The Hall–Kier alpha value is -3.02. The van der Waals surface area contributed by atoms with Crippen molar-refractivity contribution >= 4 is 5.91 Å². The molecule has 0 aliphatic carbocycles. The summed E-state index contributed by atoms with van der Waals surface area (Å²) in [6.07, 6.45) is 6.99. The largest absolute Gasteiger partial charge is 0.330 e. The summed E-state index contributed by atoms with van der Waals surface area (Å²) >= 11 is 0. The normalized spacial score (nSPS) is 17.0. The highest BCUT2D eigenvalue weighted by Gasteiger charge is 2.33. The minimum atomic E-state index is -0.402. The monoisotopic (exact) mass is 336 g/mol. The smallest absolute Gasteiger partial charge is 0.254 e. The second-order valence-corrected chi connectivity index (χ2v) is 6.10. The molecule has 1 fully saturated rings. The number of nitrogens with one attached hydrogen (secondary N) is 1. The number of rotatable bonds is 3. The summed E-state index contributed by atoms with van der Waals surface area (Å²) in [6.45, 7) is 0.648. The number of aromatic amines is 1. The first-order valence-corrected chi connectivity index (χ1v) is 8.24. The van der Waals surface area contributed by atoms with Crippen LogP contribution in [-0.4, -0.2) is 32.5 Å². The SMILES string of the molecule is O=C(c1cccc(F)c1)N1CCCC1c1[nH]ncc1-c1ccncc1. The third-order valence-corrected chi connectivity index (χ3v) is 4.58. The Labute approximate surface area is 144 Å². The van der Waals surface area contributed by atoms with E-state index in [0.717, 1.165) is 29.7 Å². The zero-order chi connectivity index (χ0) is 17.2. The summed E-state index contributed by atoms with van der Waals surface area (Å²) in [5.41, 5.74) is 3.25. The van der Waals surface area contributed by atoms with Crippen LogP contribution in [0.3, 0.4) is 0 Å². The second kappa shape index (κ2) is 6.47. The zero-order valence-electron chi connectivity index (χ0n) is 13.5. The third kappa shape index (κ3) is 2.91. The highest BCUT2D eigenvalue weighted by Crippen LogP contribution is 2.37. The average Bonchev–Trinajstić information content (AvgIpc) is 3.30. The highest BCUT2D eigenvalue weighted by molar-refractivity contribution is 5.94. The van der Waals surface area contributed by atoms with Crippen LogP contribution < -0.4 is 0 Å². The van der Waals surface area contributed by atoms with Gasteiger partial charge in [-0.2, -0.15) is 5.10 Å². The topological polar surface area (TPSA) is 61.9 Å². The predicted octanol–water partition coefficient (Wildman–Crippen LogP) is 3.59. The van der Waals surface area contributed by atoms with Gasteiger partial charge in [0.25, 0.3) is 5.91 Å². The molecule has 3 heterocycles. The molecule has 1 unspecified atom stereocenters. The lowest BCUT2D eigenvalue weighted by Crippen LogP contribution is -2.31. The Bertz CT molecular complexity index is 893. The van der Waals surface area contributed by atoms with Crippen LogP contribution in [0.4, 0.5) is 4.39 Å². The Morgan fingerprint density at radius 3 is 2.88 bits per heavy atom. The van der Waals surface area contributed by atoms with Crippen molar-refractivity contribution in [1.29, 1.82) is 0 Å². The zero-order valence-corrected chi connectivity index (χ0v) is 13.5. The van der Waals surface area contributed by atoms with Gasteiger partial charge >= 0.3 is 0 Å². The number of H-pyrrole nitrogens is 1. The van der Waals surface area contributed by atoms with E-state index in [-0.39, 0.29) is 11.9 Å². The van der Waals surface area contributed by atoms with Gasteiger partial charge in [0.15, 0.2) is 0 Å². The maximum Gasteiger partial charge on any atom is 0.254 e. The molecule has 0 spiro atoms.